The van der Waals surface area contributed by atoms with Gasteiger partial charge in [-0.25, -0.2) is 0 Å². The molecule has 0 aliphatic carbocycles. The Morgan fingerprint density at radius 3 is 2.72 bits per heavy atom. The number of fused-ring (bicyclic) bond motifs is 1. The number of amides is 1. The van der Waals surface area contributed by atoms with Crippen molar-refractivity contribution in [2.24, 2.45) is 0 Å². The molecule has 0 bridgehead atoms. The Morgan fingerprint density at radius 2 is 2.00 bits per heavy atom. The predicted octanol–water partition coefficient (Wildman–Crippen LogP) is 3.65. The van der Waals surface area contributed by atoms with E-state index in [9.17, 15) is 4.79 Å². The molecule has 1 fully saturated rings. The molecule has 2 aromatic carbocycles. The average molecular weight is 304 g/mol. The van der Waals surface area contributed by atoms with Gasteiger partial charge in [-0.3, -0.25) is 4.79 Å². The molecule has 0 spiro atoms. The highest BCUT2D eigenvalue weighted by atomic mass is 79.9. The van der Waals surface area contributed by atoms with E-state index in [-0.39, 0.29) is 10.7 Å². The molecule has 1 heterocycles. The van der Waals surface area contributed by atoms with Gasteiger partial charge in [0.15, 0.2) is 0 Å². The molecule has 1 amide bonds. The van der Waals surface area contributed by atoms with Crippen molar-refractivity contribution in [1.82, 2.24) is 0 Å². The number of rotatable bonds is 1. The molecule has 0 aromatic heterocycles. The molecule has 1 unspecified atom stereocenters. The van der Waals surface area contributed by atoms with Crippen LogP contribution in [0.25, 0.3) is 10.8 Å². The third-order valence-electron chi connectivity index (χ3n) is 3.45. The van der Waals surface area contributed by atoms with E-state index in [0.717, 1.165) is 23.2 Å². The Kier molecular flexibility index (Phi) is 2.86. The third kappa shape index (κ3) is 1.83. The van der Waals surface area contributed by atoms with Crippen molar-refractivity contribution in [2.75, 3.05) is 11.4 Å². The van der Waals surface area contributed by atoms with Crippen LogP contribution in [0.4, 0.5) is 5.69 Å². The summed E-state index contributed by atoms with van der Waals surface area (Å²) >= 11 is 3.54. The molecule has 3 rings (SSSR count). The number of benzene rings is 2. The highest BCUT2D eigenvalue weighted by Gasteiger charge is 2.30. The van der Waals surface area contributed by atoms with Crippen molar-refractivity contribution in [3.05, 3.63) is 42.0 Å². The number of carbonyl (C=O) groups is 1. The SMILES string of the molecule is Cc1ccc2ccccc2c1N1CC(Br)CC1=O. The molecular weight excluding hydrogens is 290 g/mol. The lowest BCUT2D eigenvalue weighted by Crippen LogP contribution is -2.25. The first-order chi connectivity index (χ1) is 8.66. The van der Waals surface area contributed by atoms with Crippen LogP contribution in [0.5, 0.6) is 0 Å². The molecule has 2 nitrogen and oxygen atoms in total. The topological polar surface area (TPSA) is 20.3 Å². The van der Waals surface area contributed by atoms with Crippen molar-refractivity contribution in [3.63, 3.8) is 0 Å². The van der Waals surface area contributed by atoms with Gasteiger partial charge in [0, 0.05) is 23.2 Å². The van der Waals surface area contributed by atoms with E-state index in [1.54, 1.807) is 0 Å². The second kappa shape index (κ2) is 4.39. The zero-order valence-electron chi connectivity index (χ0n) is 10.2. The summed E-state index contributed by atoms with van der Waals surface area (Å²) in [7, 11) is 0. The number of aryl methyl sites for hydroxylation is 1. The molecule has 1 atom stereocenters. The Hall–Kier alpha value is -1.35. The van der Waals surface area contributed by atoms with Crippen molar-refractivity contribution < 1.29 is 4.79 Å². The van der Waals surface area contributed by atoms with Crippen LogP contribution in [0.15, 0.2) is 36.4 Å². The first-order valence-corrected chi connectivity index (χ1v) is 7.01. The average Bonchev–Trinajstić information content (AvgIpc) is 2.68. The number of carbonyl (C=O) groups excluding carboxylic acids is 1. The maximum atomic E-state index is 12.1. The number of nitrogens with zero attached hydrogens (tertiary/aromatic N) is 1. The molecular formula is C15H14BrNO. The second-order valence-corrected chi connectivity index (χ2v) is 6.05. The van der Waals surface area contributed by atoms with Gasteiger partial charge in [-0.1, -0.05) is 52.3 Å². The van der Waals surface area contributed by atoms with Gasteiger partial charge in [0.1, 0.15) is 0 Å². The highest BCUT2D eigenvalue weighted by molar-refractivity contribution is 9.09. The lowest BCUT2D eigenvalue weighted by atomic mass is 10.0. The Balaban J connectivity index is 2.22. The smallest absolute Gasteiger partial charge is 0.228 e. The van der Waals surface area contributed by atoms with Gasteiger partial charge >= 0.3 is 0 Å². The van der Waals surface area contributed by atoms with Crippen LogP contribution in [0.2, 0.25) is 0 Å². The zero-order valence-corrected chi connectivity index (χ0v) is 11.8. The van der Waals surface area contributed by atoms with E-state index < -0.39 is 0 Å². The summed E-state index contributed by atoms with van der Waals surface area (Å²) < 4.78 is 0. The fourth-order valence-corrected chi connectivity index (χ4v) is 3.17. The molecule has 92 valence electrons. The molecule has 1 saturated heterocycles. The Morgan fingerprint density at radius 1 is 1.22 bits per heavy atom. The number of hydrogen-bond acceptors (Lipinski definition) is 1. The van der Waals surface area contributed by atoms with E-state index in [1.807, 2.05) is 17.0 Å². The maximum absolute atomic E-state index is 12.1. The summed E-state index contributed by atoms with van der Waals surface area (Å²) in [4.78, 5) is 14.3. The Bertz CT molecular complexity index is 623. The number of anilines is 1. The third-order valence-corrected chi connectivity index (χ3v) is 4.06. The van der Waals surface area contributed by atoms with Crippen LogP contribution in [0.1, 0.15) is 12.0 Å². The van der Waals surface area contributed by atoms with E-state index in [0.29, 0.717) is 6.42 Å². The molecule has 1 aliphatic heterocycles. The van der Waals surface area contributed by atoms with Gasteiger partial charge in [0.2, 0.25) is 5.91 Å². The number of hydrogen-bond donors (Lipinski definition) is 0. The predicted molar refractivity (Wildman–Crippen MR) is 78.4 cm³/mol. The van der Waals surface area contributed by atoms with E-state index in [4.69, 9.17) is 0 Å². The second-order valence-electron chi connectivity index (χ2n) is 4.76. The van der Waals surface area contributed by atoms with Crippen molar-refractivity contribution >= 4 is 38.3 Å². The number of halogens is 1. The quantitative estimate of drug-likeness (QED) is 0.737. The van der Waals surface area contributed by atoms with Gasteiger partial charge in [-0.05, 0) is 17.9 Å². The molecule has 18 heavy (non-hydrogen) atoms. The van der Waals surface area contributed by atoms with E-state index in [1.165, 1.54) is 5.39 Å². The molecule has 1 aliphatic rings. The summed E-state index contributed by atoms with van der Waals surface area (Å²) in [5, 5.41) is 2.34. The molecule has 0 radical (unpaired) electrons. The summed E-state index contributed by atoms with van der Waals surface area (Å²) in [5.41, 5.74) is 2.23. The Labute approximate surface area is 115 Å². The van der Waals surface area contributed by atoms with Crippen LogP contribution in [0, 0.1) is 6.92 Å². The van der Waals surface area contributed by atoms with Crippen LogP contribution in [-0.4, -0.2) is 17.3 Å². The zero-order chi connectivity index (χ0) is 12.7. The fraction of sp³-hybridized carbons (Fsp3) is 0.267. The first-order valence-electron chi connectivity index (χ1n) is 6.09. The maximum Gasteiger partial charge on any atom is 0.228 e. The van der Waals surface area contributed by atoms with Gasteiger partial charge in [0.25, 0.3) is 0 Å². The summed E-state index contributed by atoms with van der Waals surface area (Å²) in [6, 6.07) is 12.4. The number of alkyl halides is 1. The van der Waals surface area contributed by atoms with Crippen LogP contribution >= 0.6 is 15.9 Å². The summed E-state index contributed by atoms with van der Waals surface area (Å²) in [6.07, 6.45) is 0.586. The van der Waals surface area contributed by atoms with Gasteiger partial charge in [-0.15, -0.1) is 0 Å². The highest BCUT2D eigenvalue weighted by Crippen LogP contribution is 2.34. The summed E-state index contributed by atoms with van der Waals surface area (Å²) in [6.45, 7) is 2.82. The van der Waals surface area contributed by atoms with Gasteiger partial charge < -0.3 is 4.90 Å². The molecule has 0 saturated carbocycles. The van der Waals surface area contributed by atoms with Crippen LogP contribution < -0.4 is 4.90 Å². The lowest BCUT2D eigenvalue weighted by Gasteiger charge is -2.21. The normalized spacial score (nSPS) is 19.8. The monoisotopic (exact) mass is 303 g/mol. The van der Waals surface area contributed by atoms with Crippen LogP contribution in [-0.2, 0) is 4.79 Å². The van der Waals surface area contributed by atoms with Crippen LogP contribution in [0.3, 0.4) is 0 Å². The minimum atomic E-state index is 0.205. The largest absolute Gasteiger partial charge is 0.310 e. The molecule has 2 aromatic rings. The first kappa shape index (κ1) is 11.7. The van der Waals surface area contributed by atoms with Crippen molar-refractivity contribution in [2.45, 2.75) is 18.2 Å². The fourth-order valence-electron chi connectivity index (χ4n) is 2.60. The van der Waals surface area contributed by atoms with Gasteiger partial charge in [0.05, 0.1) is 5.69 Å². The van der Waals surface area contributed by atoms with Crippen molar-refractivity contribution in [1.29, 1.82) is 0 Å². The van der Waals surface area contributed by atoms with Crippen molar-refractivity contribution in [3.8, 4) is 0 Å². The lowest BCUT2D eigenvalue weighted by molar-refractivity contribution is -0.117. The minimum absolute atomic E-state index is 0.205. The minimum Gasteiger partial charge on any atom is -0.310 e. The van der Waals surface area contributed by atoms with E-state index >= 15 is 0 Å². The van der Waals surface area contributed by atoms with E-state index in [2.05, 4.69) is 47.1 Å². The molecule has 3 heteroatoms. The summed E-state index contributed by atoms with van der Waals surface area (Å²) in [5.74, 6) is 0.205. The van der Waals surface area contributed by atoms with Gasteiger partial charge in [-0.2, -0.15) is 0 Å². The standard InChI is InChI=1S/C15H14BrNO/c1-10-6-7-11-4-2-3-5-13(11)15(10)17-9-12(16)8-14(17)18/h2-7,12H,8-9H2,1H3. The molecule has 0 N–H and O–H groups in total.